The van der Waals surface area contributed by atoms with Gasteiger partial charge in [0.2, 0.25) is 0 Å². The maximum atomic E-state index is 10.5. The minimum absolute atomic E-state index is 0.00824. The third-order valence-electron chi connectivity index (χ3n) is 0.656. The summed E-state index contributed by atoms with van der Waals surface area (Å²) >= 11 is 4.24. The largest absolute Gasteiger partial charge is 0.435 e. The van der Waals surface area contributed by atoms with Crippen LogP contribution in [0.4, 0.5) is 0 Å². The maximum Gasteiger partial charge on any atom is 0.335 e. The molecule has 0 aromatic heterocycles. The highest BCUT2D eigenvalue weighted by atomic mass is 128. The molecular formula is C6H10I2O3. The Bertz CT molecular complexity index is 125. The molecule has 0 amide bonds. The average molecular weight is 384 g/mol. The van der Waals surface area contributed by atoms with E-state index in [1.165, 1.54) is 7.11 Å². The first-order valence-corrected chi connectivity index (χ1v) is 8.93. The van der Waals surface area contributed by atoms with Crippen LogP contribution in [0.5, 0.6) is 0 Å². The lowest BCUT2D eigenvalue weighted by molar-refractivity contribution is -0.149. The van der Waals surface area contributed by atoms with E-state index in [2.05, 4.69) is 53.3 Å². The van der Waals surface area contributed by atoms with Crippen molar-refractivity contribution in [2.45, 2.75) is 6.92 Å². The quantitative estimate of drug-likeness (QED) is 0.325. The second kappa shape index (κ2) is 10.6. The van der Waals surface area contributed by atoms with E-state index in [1.807, 2.05) is 0 Å². The fourth-order valence-electron chi connectivity index (χ4n) is 0.236. The lowest BCUT2D eigenvalue weighted by Gasteiger charge is -1.99. The number of carbonyl (C=O) groups is 1. The SMILES string of the molecule is C=C(C)C(=O)OCOC.II. The number of carbonyl (C=O) groups excluding carboxylic acids is 1. The van der Waals surface area contributed by atoms with Gasteiger partial charge in [0.25, 0.3) is 0 Å². The van der Waals surface area contributed by atoms with E-state index in [4.69, 9.17) is 0 Å². The maximum absolute atomic E-state index is 10.5. The molecule has 0 fully saturated rings. The summed E-state index contributed by atoms with van der Waals surface area (Å²) in [5.74, 6) is -0.420. The zero-order chi connectivity index (χ0) is 9.28. The van der Waals surface area contributed by atoms with E-state index in [1.54, 1.807) is 6.92 Å². The van der Waals surface area contributed by atoms with Gasteiger partial charge in [-0.05, 0) is 6.92 Å². The van der Waals surface area contributed by atoms with Crippen molar-refractivity contribution in [1.29, 1.82) is 0 Å². The van der Waals surface area contributed by atoms with Gasteiger partial charge >= 0.3 is 5.97 Å². The number of ether oxygens (including phenoxy) is 2. The van der Waals surface area contributed by atoms with Crippen LogP contribution in [0.15, 0.2) is 12.2 Å². The third-order valence-corrected chi connectivity index (χ3v) is 0.656. The number of rotatable bonds is 3. The van der Waals surface area contributed by atoms with Crippen LogP contribution in [0.25, 0.3) is 0 Å². The standard InChI is InChI=1S/C6H10O3.I2/c1-5(2)6(7)9-4-8-3;1-2/h1,4H2,2-3H3;. The van der Waals surface area contributed by atoms with Crippen molar-refractivity contribution in [3.05, 3.63) is 12.2 Å². The van der Waals surface area contributed by atoms with Gasteiger partial charge < -0.3 is 9.47 Å². The molecule has 0 rings (SSSR count). The lowest BCUT2D eigenvalue weighted by atomic mass is 10.4. The van der Waals surface area contributed by atoms with Crippen LogP contribution in [0, 0.1) is 0 Å². The molecule has 0 N–H and O–H groups in total. The summed E-state index contributed by atoms with van der Waals surface area (Å²) in [6, 6.07) is 0. The third kappa shape index (κ3) is 10.6. The Morgan fingerprint density at radius 1 is 1.55 bits per heavy atom. The van der Waals surface area contributed by atoms with Crippen molar-refractivity contribution in [3.63, 3.8) is 0 Å². The average Bonchev–Trinajstić information content (AvgIpc) is 2.03. The van der Waals surface area contributed by atoms with Gasteiger partial charge in [0.1, 0.15) is 0 Å². The van der Waals surface area contributed by atoms with Gasteiger partial charge in [-0.3, -0.25) is 0 Å². The molecule has 0 radical (unpaired) electrons. The molecule has 0 unspecified atom stereocenters. The Labute approximate surface area is 89.8 Å². The Morgan fingerprint density at radius 3 is 2.27 bits per heavy atom. The molecular weight excluding hydrogens is 374 g/mol. The summed E-state index contributed by atoms with van der Waals surface area (Å²) in [4.78, 5) is 10.5. The Morgan fingerprint density at radius 2 is 2.00 bits per heavy atom. The lowest BCUT2D eigenvalue weighted by Crippen LogP contribution is -2.06. The topological polar surface area (TPSA) is 35.5 Å². The highest BCUT2D eigenvalue weighted by Crippen LogP contribution is 1.90. The van der Waals surface area contributed by atoms with E-state index in [9.17, 15) is 4.79 Å². The molecule has 66 valence electrons. The molecule has 0 heterocycles. The Balaban J connectivity index is 0. The highest BCUT2D eigenvalue weighted by molar-refractivity contribution is 15.0. The molecule has 0 aliphatic heterocycles. The molecule has 0 aromatic rings. The van der Waals surface area contributed by atoms with Crippen molar-refractivity contribution in [2.24, 2.45) is 0 Å². The van der Waals surface area contributed by atoms with E-state index in [-0.39, 0.29) is 6.79 Å². The molecule has 0 bridgehead atoms. The van der Waals surface area contributed by atoms with Crippen LogP contribution in [-0.4, -0.2) is 19.9 Å². The minimum atomic E-state index is -0.420. The van der Waals surface area contributed by atoms with Crippen molar-refractivity contribution in [1.82, 2.24) is 0 Å². The van der Waals surface area contributed by atoms with Gasteiger partial charge in [0.05, 0.1) is 0 Å². The molecule has 0 aromatic carbocycles. The first-order chi connectivity index (χ1) is 5.18. The van der Waals surface area contributed by atoms with Crippen LogP contribution >= 0.6 is 37.2 Å². The van der Waals surface area contributed by atoms with E-state index >= 15 is 0 Å². The van der Waals surface area contributed by atoms with E-state index < -0.39 is 5.97 Å². The van der Waals surface area contributed by atoms with Crippen LogP contribution in [0.1, 0.15) is 6.92 Å². The normalized spacial score (nSPS) is 7.64. The molecule has 0 saturated carbocycles. The molecule has 0 atom stereocenters. The van der Waals surface area contributed by atoms with Gasteiger partial charge in [-0.15, -0.1) is 0 Å². The Hall–Kier alpha value is 0.630. The summed E-state index contributed by atoms with van der Waals surface area (Å²) in [5.41, 5.74) is 0.382. The summed E-state index contributed by atoms with van der Waals surface area (Å²) < 4.78 is 8.97. The second-order valence-corrected chi connectivity index (χ2v) is 1.62. The van der Waals surface area contributed by atoms with Crippen molar-refractivity contribution < 1.29 is 14.3 Å². The van der Waals surface area contributed by atoms with Crippen molar-refractivity contribution in [3.8, 4) is 0 Å². The molecule has 11 heavy (non-hydrogen) atoms. The zero-order valence-electron chi connectivity index (χ0n) is 6.39. The Kier molecular flexibility index (Phi) is 13.7. The number of esters is 1. The fraction of sp³-hybridized carbons (Fsp3) is 0.500. The smallest absolute Gasteiger partial charge is 0.335 e. The molecule has 3 nitrogen and oxygen atoms in total. The zero-order valence-corrected chi connectivity index (χ0v) is 10.7. The molecule has 5 heteroatoms. The summed E-state index contributed by atoms with van der Waals surface area (Å²) in [6.45, 7) is 4.95. The fourth-order valence-corrected chi connectivity index (χ4v) is 0.236. The first kappa shape index (κ1) is 14.2. The number of methoxy groups -OCH3 is 1. The van der Waals surface area contributed by atoms with E-state index in [0.717, 1.165) is 0 Å². The molecule has 0 spiro atoms. The van der Waals surface area contributed by atoms with Crippen molar-refractivity contribution in [2.75, 3.05) is 13.9 Å². The van der Waals surface area contributed by atoms with Gasteiger partial charge in [-0.2, -0.15) is 0 Å². The summed E-state index contributed by atoms with van der Waals surface area (Å²) in [6.07, 6.45) is 0. The molecule has 0 aliphatic carbocycles. The number of hydrogen-bond acceptors (Lipinski definition) is 3. The highest BCUT2D eigenvalue weighted by Gasteiger charge is 1.99. The predicted molar refractivity (Wildman–Crippen MR) is 60.8 cm³/mol. The number of hydrogen-bond donors (Lipinski definition) is 0. The predicted octanol–water partition coefficient (Wildman–Crippen LogP) is 2.48. The van der Waals surface area contributed by atoms with Gasteiger partial charge in [0.15, 0.2) is 6.79 Å². The van der Waals surface area contributed by atoms with E-state index in [0.29, 0.717) is 5.57 Å². The van der Waals surface area contributed by atoms with Gasteiger partial charge in [0, 0.05) is 49.9 Å². The van der Waals surface area contributed by atoms with Crippen LogP contribution in [0.3, 0.4) is 0 Å². The molecule has 0 saturated heterocycles. The first-order valence-electron chi connectivity index (χ1n) is 2.64. The van der Waals surface area contributed by atoms with Crippen LogP contribution < -0.4 is 0 Å². The van der Waals surface area contributed by atoms with Crippen LogP contribution in [-0.2, 0) is 14.3 Å². The summed E-state index contributed by atoms with van der Waals surface area (Å²) in [7, 11) is 1.45. The molecule has 0 aliphatic rings. The minimum Gasteiger partial charge on any atom is -0.435 e. The van der Waals surface area contributed by atoms with Crippen molar-refractivity contribution >= 4 is 43.2 Å². The van der Waals surface area contributed by atoms with Crippen LogP contribution in [0.2, 0.25) is 0 Å². The monoisotopic (exact) mass is 384 g/mol. The van der Waals surface area contributed by atoms with Gasteiger partial charge in [-0.1, -0.05) is 6.58 Å². The number of halogens is 2. The second-order valence-electron chi connectivity index (χ2n) is 1.62. The summed E-state index contributed by atoms with van der Waals surface area (Å²) in [5, 5.41) is 0. The van der Waals surface area contributed by atoms with Gasteiger partial charge in [-0.25, -0.2) is 4.79 Å².